The topological polar surface area (TPSA) is 32.3 Å². The molecule has 0 saturated heterocycles. The summed E-state index contributed by atoms with van der Waals surface area (Å²) >= 11 is 0. The molecule has 29 heavy (non-hydrogen) atoms. The largest absolute Gasteiger partial charge is 0.378 e. The number of aryl methyl sites for hydroxylation is 2. The van der Waals surface area contributed by atoms with Gasteiger partial charge in [-0.3, -0.25) is 4.79 Å². The maximum absolute atomic E-state index is 13.3. The number of rotatable bonds is 3. The molecule has 1 aliphatic rings. The number of carbonyl (C=O) groups excluding carboxylic acids is 1. The Kier molecular flexibility index (Phi) is 5.10. The summed E-state index contributed by atoms with van der Waals surface area (Å²) in [7, 11) is 0. The van der Waals surface area contributed by atoms with Crippen molar-refractivity contribution >= 4 is 17.3 Å². The highest BCUT2D eigenvalue weighted by molar-refractivity contribution is 6.07. The highest BCUT2D eigenvalue weighted by atomic mass is 19.1. The quantitative estimate of drug-likeness (QED) is 0.594. The number of nitrogens with zero attached hydrogens (tertiary/aromatic N) is 1. The molecule has 0 bridgehead atoms. The predicted molar refractivity (Wildman–Crippen MR) is 116 cm³/mol. The van der Waals surface area contributed by atoms with E-state index in [2.05, 4.69) is 55.6 Å². The molecule has 4 rings (SSSR count). The average molecular weight is 388 g/mol. The average Bonchev–Trinajstić information content (AvgIpc) is 2.68. The lowest BCUT2D eigenvalue weighted by molar-refractivity contribution is 0.0974. The molecule has 0 spiro atoms. The van der Waals surface area contributed by atoms with Crippen LogP contribution in [0, 0.1) is 19.7 Å². The second-order valence-electron chi connectivity index (χ2n) is 7.90. The van der Waals surface area contributed by atoms with Crippen LogP contribution in [0.2, 0.25) is 0 Å². The number of hydrogen-bond donors (Lipinski definition) is 1. The van der Waals surface area contributed by atoms with Crippen molar-refractivity contribution < 1.29 is 9.18 Å². The van der Waals surface area contributed by atoms with Crippen LogP contribution in [-0.2, 0) is 0 Å². The molecule has 0 aromatic heterocycles. The number of hydrogen-bond acceptors (Lipinski definition) is 2. The molecule has 0 saturated carbocycles. The van der Waals surface area contributed by atoms with Gasteiger partial charge >= 0.3 is 0 Å². The molecule has 1 amide bonds. The molecular weight excluding hydrogens is 363 g/mol. The highest BCUT2D eigenvalue weighted by Gasteiger charge is 2.34. The van der Waals surface area contributed by atoms with Gasteiger partial charge in [0, 0.05) is 23.0 Å². The third-order valence-electron chi connectivity index (χ3n) is 5.51. The van der Waals surface area contributed by atoms with Gasteiger partial charge in [0.05, 0.1) is 6.04 Å². The zero-order valence-corrected chi connectivity index (χ0v) is 16.9. The summed E-state index contributed by atoms with van der Waals surface area (Å²) in [4.78, 5) is 15.1. The third-order valence-corrected chi connectivity index (χ3v) is 5.51. The van der Waals surface area contributed by atoms with Crippen molar-refractivity contribution in [2.45, 2.75) is 39.3 Å². The first-order valence-corrected chi connectivity index (χ1v) is 9.95. The molecule has 1 N–H and O–H groups in total. The summed E-state index contributed by atoms with van der Waals surface area (Å²) in [5, 5.41) is 3.65. The van der Waals surface area contributed by atoms with Gasteiger partial charge in [-0.2, -0.15) is 0 Å². The van der Waals surface area contributed by atoms with Gasteiger partial charge in [-0.15, -0.1) is 0 Å². The van der Waals surface area contributed by atoms with E-state index in [0.717, 1.165) is 28.9 Å². The van der Waals surface area contributed by atoms with Gasteiger partial charge < -0.3 is 10.2 Å². The number of benzene rings is 3. The standard InChI is InChI=1S/C25H25FN2O/c1-16-5-4-6-21(13-16)27-23-15-18(3)28(24-14-17(2)7-12-22(23)24)25(29)19-8-10-20(26)11-9-19/h4-14,18,23,27H,15H2,1-3H3/t18-,23-/m1/s1. The van der Waals surface area contributed by atoms with Crippen molar-refractivity contribution in [3.05, 3.63) is 94.8 Å². The Hall–Kier alpha value is -3.14. The molecule has 2 atom stereocenters. The Morgan fingerprint density at radius 2 is 1.72 bits per heavy atom. The first-order valence-electron chi connectivity index (χ1n) is 9.95. The van der Waals surface area contributed by atoms with Crippen molar-refractivity contribution in [3.63, 3.8) is 0 Å². The van der Waals surface area contributed by atoms with E-state index in [9.17, 15) is 9.18 Å². The van der Waals surface area contributed by atoms with Crippen LogP contribution in [0.25, 0.3) is 0 Å². The minimum absolute atomic E-state index is 0.00385. The summed E-state index contributed by atoms with van der Waals surface area (Å²) in [5.74, 6) is -0.440. The minimum Gasteiger partial charge on any atom is -0.378 e. The summed E-state index contributed by atoms with van der Waals surface area (Å²) in [6.07, 6.45) is 0.789. The molecule has 0 unspecified atom stereocenters. The van der Waals surface area contributed by atoms with Crippen molar-refractivity contribution in [2.75, 3.05) is 10.2 Å². The van der Waals surface area contributed by atoms with E-state index in [1.54, 1.807) is 12.1 Å². The number of nitrogens with one attached hydrogen (secondary N) is 1. The number of amides is 1. The fraction of sp³-hybridized carbons (Fsp3) is 0.240. The van der Waals surface area contributed by atoms with Crippen molar-refractivity contribution in [2.24, 2.45) is 0 Å². The predicted octanol–water partition coefficient (Wildman–Crippen LogP) is 6.03. The smallest absolute Gasteiger partial charge is 0.258 e. The molecule has 4 heteroatoms. The molecular formula is C25H25FN2O. The molecule has 0 fully saturated rings. The van der Waals surface area contributed by atoms with E-state index in [1.807, 2.05) is 17.9 Å². The maximum Gasteiger partial charge on any atom is 0.258 e. The Morgan fingerprint density at radius 3 is 2.45 bits per heavy atom. The second kappa shape index (κ2) is 7.70. The minimum atomic E-state index is -0.341. The number of carbonyl (C=O) groups is 1. The van der Waals surface area contributed by atoms with Crippen LogP contribution < -0.4 is 10.2 Å². The van der Waals surface area contributed by atoms with Crippen molar-refractivity contribution in [1.29, 1.82) is 0 Å². The van der Waals surface area contributed by atoms with Gasteiger partial charge in [-0.05, 0) is 86.3 Å². The fourth-order valence-corrected chi connectivity index (χ4v) is 4.08. The second-order valence-corrected chi connectivity index (χ2v) is 7.90. The van der Waals surface area contributed by atoms with Crippen molar-refractivity contribution in [3.8, 4) is 0 Å². The van der Waals surface area contributed by atoms with E-state index in [0.29, 0.717) is 5.56 Å². The molecule has 3 nitrogen and oxygen atoms in total. The van der Waals surface area contributed by atoms with Crippen LogP contribution in [0.1, 0.15) is 46.4 Å². The molecule has 148 valence electrons. The number of halogens is 1. The summed E-state index contributed by atoms with van der Waals surface area (Å²) in [6, 6.07) is 20.5. The molecule has 0 radical (unpaired) electrons. The summed E-state index contributed by atoms with van der Waals surface area (Å²) < 4.78 is 13.3. The molecule has 3 aromatic rings. The van der Waals surface area contributed by atoms with Crippen LogP contribution in [0.15, 0.2) is 66.7 Å². The Labute approximate surface area is 171 Å². The first kappa shape index (κ1) is 19.2. The zero-order chi connectivity index (χ0) is 20.5. The lowest BCUT2D eigenvalue weighted by Gasteiger charge is -2.40. The normalized spacial score (nSPS) is 18.3. The van der Waals surface area contributed by atoms with Gasteiger partial charge in [0.1, 0.15) is 5.82 Å². The van der Waals surface area contributed by atoms with Crippen LogP contribution in [0.3, 0.4) is 0 Å². The van der Waals surface area contributed by atoms with E-state index < -0.39 is 0 Å². The number of fused-ring (bicyclic) bond motifs is 1. The van der Waals surface area contributed by atoms with Crippen LogP contribution in [-0.4, -0.2) is 11.9 Å². The lowest BCUT2D eigenvalue weighted by atomic mass is 9.90. The molecule has 0 aliphatic carbocycles. The molecule has 1 aliphatic heterocycles. The van der Waals surface area contributed by atoms with E-state index >= 15 is 0 Å². The SMILES string of the molecule is Cc1cccc(N[C@@H]2C[C@@H](C)N(C(=O)c3ccc(F)cc3)c3cc(C)ccc32)c1. The van der Waals surface area contributed by atoms with Gasteiger partial charge in [-0.25, -0.2) is 4.39 Å². The maximum atomic E-state index is 13.3. The van der Waals surface area contributed by atoms with Crippen LogP contribution >= 0.6 is 0 Å². The zero-order valence-electron chi connectivity index (χ0n) is 16.9. The Balaban J connectivity index is 1.72. The van der Waals surface area contributed by atoms with Crippen LogP contribution in [0.5, 0.6) is 0 Å². The van der Waals surface area contributed by atoms with Crippen molar-refractivity contribution in [1.82, 2.24) is 0 Å². The Bertz CT molecular complexity index is 1040. The first-order chi connectivity index (χ1) is 13.9. The van der Waals surface area contributed by atoms with Gasteiger partial charge in [0.15, 0.2) is 0 Å². The van der Waals surface area contributed by atoms with Crippen LogP contribution in [0.4, 0.5) is 15.8 Å². The molecule has 3 aromatic carbocycles. The van der Waals surface area contributed by atoms with E-state index in [4.69, 9.17) is 0 Å². The third kappa shape index (κ3) is 3.88. The Morgan fingerprint density at radius 1 is 1.00 bits per heavy atom. The van der Waals surface area contributed by atoms with E-state index in [-0.39, 0.29) is 23.8 Å². The van der Waals surface area contributed by atoms with Gasteiger partial charge in [0.2, 0.25) is 0 Å². The summed E-state index contributed by atoms with van der Waals surface area (Å²) in [6.45, 7) is 6.18. The molecule has 1 heterocycles. The van der Waals surface area contributed by atoms with Gasteiger partial charge in [0.25, 0.3) is 5.91 Å². The van der Waals surface area contributed by atoms with E-state index in [1.165, 1.54) is 17.7 Å². The lowest BCUT2D eigenvalue weighted by Crippen LogP contribution is -2.44. The van der Waals surface area contributed by atoms with Gasteiger partial charge in [-0.1, -0.05) is 24.3 Å². The number of anilines is 2. The summed E-state index contributed by atoms with van der Waals surface area (Å²) in [5.41, 5.74) is 5.90. The highest BCUT2D eigenvalue weighted by Crippen LogP contribution is 2.40. The fourth-order valence-electron chi connectivity index (χ4n) is 4.08. The monoisotopic (exact) mass is 388 g/mol.